The van der Waals surface area contributed by atoms with Gasteiger partial charge in [0.15, 0.2) is 5.54 Å². The van der Waals surface area contributed by atoms with Crippen LogP contribution in [-0.2, 0) is 9.59 Å². The number of aliphatic hydroxyl groups excluding tert-OH is 1. The van der Waals surface area contributed by atoms with Gasteiger partial charge < -0.3 is 14.9 Å². The molecule has 0 aromatic carbocycles. The van der Waals surface area contributed by atoms with E-state index in [1.807, 2.05) is 0 Å². The van der Waals surface area contributed by atoms with Crippen LogP contribution >= 0.6 is 9.39 Å². The van der Waals surface area contributed by atoms with Gasteiger partial charge in [0.05, 0.1) is 6.61 Å². The zero-order valence-corrected chi connectivity index (χ0v) is 29.8. The number of nitrogens with zero attached hydrogens (tertiary/aromatic N) is 1. The van der Waals surface area contributed by atoms with Gasteiger partial charge in [0.25, 0.3) is 0 Å². The molecule has 0 heterocycles. The zero-order valence-electron chi connectivity index (χ0n) is 28.6. The fourth-order valence-electron chi connectivity index (χ4n) is 5.87. The second-order valence-electron chi connectivity index (χ2n) is 12.9. The molecule has 0 saturated heterocycles. The minimum absolute atomic E-state index is 0.204. The van der Waals surface area contributed by atoms with Gasteiger partial charge in [0.2, 0.25) is 5.91 Å². The molecule has 0 spiro atoms. The van der Waals surface area contributed by atoms with Gasteiger partial charge in [-0.2, -0.15) is 0 Å². The van der Waals surface area contributed by atoms with E-state index >= 15 is 0 Å². The number of carbonyl (C=O) groups excluding carboxylic acids is 1. The Hall–Kier alpha value is -0.930. The minimum atomic E-state index is -1.54. The monoisotopic (exact) mass is 626 g/mol. The molecule has 0 saturated carbocycles. The van der Waals surface area contributed by atoms with Gasteiger partial charge in [0, 0.05) is 6.42 Å². The van der Waals surface area contributed by atoms with Crippen molar-refractivity contribution >= 4 is 21.3 Å². The maximum atomic E-state index is 12.9. The lowest BCUT2D eigenvalue weighted by Crippen LogP contribution is -2.55. The standard InChI is InChI=1S/C37H72NO4P/c1-3-5-7-9-11-13-15-17-19-20-22-24-26-28-30-32-35(40)38(43)37(34-39,36(41)42)33-31-29-27-25-23-21-18-16-14-12-10-8-6-4-2/h17,19,39H,3-16,18,20-34,43H2,1-2H3,(H,41,42)/b19-17-/t37-/m0/s1. The first kappa shape index (κ1) is 42.1. The van der Waals surface area contributed by atoms with Crippen molar-refractivity contribution in [2.45, 2.75) is 206 Å². The number of amides is 1. The molecule has 1 unspecified atom stereocenters. The van der Waals surface area contributed by atoms with E-state index in [0.29, 0.717) is 19.3 Å². The van der Waals surface area contributed by atoms with Crippen LogP contribution in [0.5, 0.6) is 0 Å². The molecule has 0 bridgehead atoms. The van der Waals surface area contributed by atoms with E-state index in [-0.39, 0.29) is 5.91 Å². The lowest BCUT2D eigenvalue weighted by Gasteiger charge is -2.36. The number of hydrogen-bond donors (Lipinski definition) is 2. The predicted octanol–water partition coefficient (Wildman–Crippen LogP) is 11.3. The number of unbranched alkanes of at least 4 members (excludes halogenated alkanes) is 24. The number of carbonyl (C=O) groups is 2. The van der Waals surface area contributed by atoms with Crippen molar-refractivity contribution in [1.29, 1.82) is 0 Å². The first-order valence-electron chi connectivity index (χ1n) is 18.5. The number of aliphatic carboxylic acids is 1. The van der Waals surface area contributed by atoms with Crippen molar-refractivity contribution in [3.8, 4) is 0 Å². The Bertz CT molecular complexity index is 671. The Labute approximate surface area is 269 Å². The highest BCUT2D eigenvalue weighted by Gasteiger charge is 2.44. The molecule has 0 aliphatic rings. The summed E-state index contributed by atoms with van der Waals surface area (Å²) in [7, 11) is 2.31. The molecule has 43 heavy (non-hydrogen) atoms. The second-order valence-corrected chi connectivity index (χ2v) is 13.5. The van der Waals surface area contributed by atoms with Crippen LogP contribution in [0, 0.1) is 0 Å². The molecule has 254 valence electrons. The number of carboxylic acids is 1. The molecule has 5 nitrogen and oxygen atoms in total. The van der Waals surface area contributed by atoms with E-state index in [9.17, 15) is 19.8 Å². The molecule has 2 N–H and O–H groups in total. The van der Waals surface area contributed by atoms with E-state index in [2.05, 4.69) is 35.4 Å². The molecule has 0 aliphatic heterocycles. The fourth-order valence-corrected chi connectivity index (χ4v) is 6.32. The summed E-state index contributed by atoms with van der Waals surface area (Å²) in [6.45, 7) is 3.96. The average Bonchev–Trinajstić information content (AvgIpc) is 3.00. The lowest BCUT2D eigenvalue weighted by atomic mass is 9.92. The van der Waals surface area contributed by atoms with E-state index in [1.54, 1.807) is 0 Å². The molecule has 0 aliphatic carbocycles. The molecule has 6 heteroatoms. The van der Waals surface area contributed by atoms with Crippen molar-refractivity contribution in [1.82, 2.24) is 4.67 Å². The maximum Gasteiger partial charge on any atom is 0.332 e. The molecular weight excluding hydrogens is 553 g/mol. The summed E-state index contributed by atoms with van der Waals surface area (Å²) in [5.74, 6) is -1.32. The van der Waals surface area contributed by atoms with Crippen LogP contribution in [0.1, 0.15) is 200 Å². The topological polar surface area (TPSA) is 77.8 Å². The van der Waals surface area contributed by atoms with Gasteiger partial charge in [-0.25, -0.2) is 4.79 Å². The minimum Gasteiger partial charge on any atom is -0.479 e. The van der Waals surface area contributed by atoms with Crippen LogP contribution < -0.4 is 0 Å². The third-order valence-corrected chi connectivity index (χ3v) is 9.77. The molecule has 0 fully saturated rings. The highest BCUT2D eigenvalue weighted by Crippen LogP contribution is 2.29. The number of allylic oxidation sites excluding steroid dienone is 2. The van der Waals surface area contributed by atoms with Crippen LogP contribution in [0.25, 0.3) is 0 Å². The van der Waals surface area contributed by atoms with Gasteiger partial charge in [-0.05, 0) is 47.9 Å². The first-order valence-corrected chi connectivity index (χ1v) is 19.0. The first-order chi connectivity index (χ1) is 21.0. The highest BCUT2D eigenvalue weighted by atomic mass is 31.0. The summed E-state index contributed by atoms with van der Waals surface area (Å²) in [5, 5.41) is 20.1. The Morgan fingerprint density at radius 3 is 1.30 bits per heavy atom. The zero-order chi connectivity index (χ0) is 31.9. The number of aliphatic hydroxyl groups is 1. The molecular formula is C37H72NO4P. The molecule has 1 amide bonds. The molecule has 0 aromatic rings. The third-order valence-electron chi connectivity index (χ3n) is 8.99. The van der Waals surface area contributed by atoms with Crippen molar-refractivity contribution in [2.75, 3.05) is 6.61 Å². The van der Waals surface area contributed by atoms with Crippen molar-refractivity contribution < 1.29 is 19.8 Å². The summed E-state index contributed by atoms with van der Waals surface area (Å²) >= 11 is 0. The summed E-state index contributed by atoms with van der Waals surface area (Å²) < 4.78 is 1.24. The number of rotatable bonds is 33. The SMILES string of the molecule is CCCCCCCC/C=C\CCCCCCCC(=O)N(P)[C@](CO)(CCCCCCCCCCCCCCCC)C(=O)O. The van der Waals surface area contributed by atoms with E-state index in [1.165, 1.54) is 127 Å². The van der Waals surface area contributed by atoms with E-state index < -0.39 is 18.1 Å². The van der Waals surface area contributed by atoms with Gasteiger partial charge in [-0.1, -0.05) is 167 Å². The molecule has 0 radical (unpaired) electrons. The maximum absolute atomic E-state index is 12.9. The fraction of sp³-hybridized carbons (Fsp3) is 0.892. The summed E-state index contributed by atoms with van der Waals surface area (Å²) in [6.07, 6.45) is 38.1. The largest absolute Gasteiger partial charge is 0.479 e. The van der Waals surface area contributed by atoms with Crippen LogP contribution in [0.3, 0.4) is 0 Å². The Balaban J connectivity index is 4.00. The Morgan fingerprint density at radius 1 is 0.581 bits per heavy atom. The van der Waals surface area contributed by atoms with E-state index in [4.69, 9.17) is 0 Å². The van der Waals surface area contributed by atoms with Gasteiger partial charge in [0.1, 0.15) is 0 Å². The van der Waals surface area contributed by atoms with Gasteiger partial charge in [-0.3, -0.25) is 4.79 Å². The normalized spacial score (nSPS) is 13.0. The summed E-state index contributed by atoms with van der Waals surface area (Å²) in [6, 6.07) is 0. The number of hydrogen-bond acceptors (Lipinski definition) is 3. The predicted molar refractivity (Wildman–Crippen MR) is 188 cm³/mol. The lowest BCUT2D eigenvalue weighted by molar-refractivity contribution is -0.156. The Morgan fingerprint density at radius 2 is 0.930 bits per heavy atom. The van der Waals surface area contributed by atoms with Crippen molar-refractivity contribution in [3.63, 3.8) is 0 Å². The van der Waals surface area contributed by atoms with Crippen molar-refractivity contribution in [2.24, 2.45) is 0 Å². The van der Waals surface area contributed by atoms with Crippen LogP contribution in [-0.4, -0.2) is 38.9 Å². The molecule has 2 atom stereocenters. The van der Waals surface area contributed by atoms with Crippen LogP contribution in [0.4, 0.5) is 0 Å². The highest BCUT2D eigenvalue weighted by molar-refractivity contribution is 7.14. The quantitative estimate of drug-likeness (QED) is 0.0432. The van der Waals surface area contributed by atoms with Gasteiger partial charge in [-0.15, -0.1) is 0 Å². The second kappa shape index (κ2) is 31.1. The molecule has 0 rings (SSSR count). The van der Waals surface area contributed by atoms with Crippen LogP contribution in [0.15, 0.2) is 12.2 Å². The summed E-state index contributed by atoms with van der Waals surface area (Å²) in [5.41, 5.74) is -1.54. The van der Waals surface area contributed by atoms with Crippen molar-refractivity contribution in [3.05, 3.63) is 12.2 Å². The number of carboxylic acid groups (broad SMARTS) is 1. The van der Waals surface area contributed by atoms with E-state index in [0.717, 1.165) is 44.9 Å². The average molecular weight is 626 g/mol. The molecule has 0 aromatic heterocycles. The summed E-state index contributed by atoms with van der Waals surface area (Å²) in [4.78, 5) is 25.1. The van der Waals surface area contributed by atoms with Gasteiger partial charge >= 0.3 is 5.97 Å². The Kier molecular flexibility index (Phi) is 30.4. The smallest absolute Gasteiger partial charge is 0.332 e. The third kappa shape index (κ3) is 23.1. The van der Waals surface area contributed by atoms with Crippen LogP contribution in [0.2, 0.25) is 0 Å².